The average molecular weight is 494 g/mol. The van der Waals surface area contributed by atoms with Crippen LogP contribution in [0.5, 0.6) is 0 Å². The SMILES string of the molecule is Cc1cc(-c2[nH]nc(C(=O)NC3CCC(N[C@@H]4CCOC(C)(C)C4)CC3)c2C(C)C)cn2ncnc12. The van der Waals surface area contributed by atoms with Crippen molar-refractivity contribution in [2.24, 2.45) is 0 Å². The molecule has 4 heterocycles. The normalized spacial score (nSPS) is 24.3. The van der Waals surface area contributed by atoms with E-state index in [0.29, 0.717) is 17.8 Å². The molecule has 9 heteroatoms. The highest BCUT2D eigenvalue weighted by Crippen LogP contribution is 2.32. The minimum Gasteiger partial charge on any atom is -0.375 e. The first-order valence-corrected chi connectivity index (χ1v) is 13.3. The number of amides is 1. The molecule has 0 unspecified atom stereocenters. The van der Waals surface area contributed by atoms with Crippen molar-refractivity contribution < 1.29 is 9.53 Å². The molecule has 2 aliphatic rings. The Bertz CT molecular complexity index is 1220. The fourth-order valence-corrected chi connectivity index (χ4v) is 5.90. The van der Waals surface area contributed by atoms with Crippen molar-refractivity contribution in [2.75, 3.05) is 6.61 Å². The lowest BCUT2D eigenvalue weighted by molar-refractivity contribution is -0.0647. The Hall–Kier alpha value is -2.78. The highest BCUT2D eigenvalue weighted by molar-refractivity contribution is 5.96. The van der Waals surface area contributed by atoms with Gasteiger partial charge in [0.25, 0.3) is 5.91 Å². The molecule has 1 saturated heterocycles. The molecule has 1 atom stereocenters. The van der Waals surface area contributed by atoms with Gasteiger partial charge in [-0.2, -0.15) is 10.2 Å². The van der Waals surface area contributed by atoms with Crippen LogP contribution < -0.4 is 10.6 Å². The summed E-state index contributed by atoms with van der Waals surface area (Å²) in [6, 6.07) is 3.27. The van der Waals surface area contributed by atoms with Gasteiger partial charge in [-0.05, 0) is 76.8 Å². The van der Waals surface area contributed by atoms with Gasteiger partial charge in [0.2, 0.25) is 0 Å². The van der Waals surface area contributed by atoms with Crippen LogP contribution in [0, 0.1) is 6.92 Å². The van der Waals surface area contributed by atoms with E-state index < -0.39 is 0 Å². The number of carbonyl (C=O) groups is 1. The number of nitrogens with one attached hydrogen (secondary N) is 3. The zero-order valence-corrected chi connectivity index (χ0v) is 22.1. The van der Waals surface area contributed by atoms with E-state index in [1.54, 1.807) is 10.8 Å². The zero-order valence-electron chi connectivity index (χ0n) is 22.1. The molecule has 1 saturated carbocycles. The summed E-state index contributed by atoms with van der Waals surface area (Å²) in [4.78, 5) is 17.6. The maximum absolute atomic E-state index is 13.3. The lowest BCUT2D eigenvalue weighted by atomic mass is 9.88. The van der Waals surface area contributed by atoms with Gasteiger partial charge in [0, 0.05) is 42.1 Å². The van der Waals surface area contributed by atoms with Crippen LogP contribution in [0.3, 0.4) is 0 Å². The van der Waals surface area contributed by atoms with Crippen LogP contribution in [0.15, 0.2) is 18.6 Å². The van der Waals surface area contributed by atoms with Gasteiger partial charge in [-0.1, -0.05) is 13.8 Å². The third kappa shape index (κ3) is 5.18. The Morgan fingerprint density at radius 2 is 1.92 bits per heavy atom. The molecule has 36 heavy (non-hydrogen) atoms. The molecule has 3 aromatic heterocycles. The molecule has 1 aliphatic heterocycles. The van der Waals surface area contributed by atoms with Crippen LogP contribution in [0.25, 0.3) is 16.9 Å². The number of aromatic nitrogens is 5. The second-order valence-electron chi connectivity index (χ2n) is 11.4. The topological polar surface area (TPSA) is 109 Å². The van der Waals surface area contributed by atoms with Crippen molar-refractivity contribution in [1.29, 1.82) is 0 Å². The molecule has 3 N–H and O–H groups in total. The van der Waals surface area contributed by atoms with Gasteiger partial charge in [0.05, 0.1) is 11.3 Å². The van der Waals surface area contributed by atoms with Crippen LogP contribution in [-0.4, -0.2) is 61.0 Å². The molecule has 194 valence electrons. The summed E-state index contributed by atoms with van der Waals surface area (Å²) >= 11 is 0. The van der Waals surface area contributed by atoms with Gasteiger partial charge in [-0.15, -0.1) is 0 Å². The summed E-state index contributed by atoms with van der Waals surface area (Å²) in [6.45, 7) is 11.4. The first-order chi connectivity index (χ1) is 17.2. The lowest BCUT2D eigenvalue weighted by Gasteiger charge is -2.39. The van der Waals surface area contributed by atoms with E-state index in [1.165, 1.54) is 0 Å². The summed E-state index contributed by atoms with van der Waals surface area (Å²) in [6.07, 6.45) is 9.71. The van der Waals surface area contributed by atoms with Crippen LogP contribution in [0.2, 0.25) is 0 Å². The third-order valence-corrected chi connectivity index (χ3v) is 7.68. The number of fused-ring (bicyclic) bond motifs is 1. The molecule has 1 aliphatic carbocycles. The van der Waals surface area contributed by atoms with Gasteiger partial charge in [-0.3, -0.25) is 9.89 Å². The van der Waals surface area contributed by atoms with E-state index in [4.69, 9.17) is 4.74 Å². The maximum Gasteiger partial charge on any atom is 0.272 e. The van der Waals surface area contributed by atoms with Gasteiger partial charge < -0.3 is 15.4 Å². The Morgan fingerprint density at radius 1 is 1.17 bits per heavy atom. The minimum absolute atomic E-state index is 0.0443. The molecule has 0 bridgehead atoms. The molecule has 2 fully saturated rings. The number of aromatic amines is 1. The van der Waals surface area contributed by atoms with Crippen molar-refractivity contribution in [1.82, 2.24) is 35.4 Å². The molecule has 0 radical (unpaired) electrons. The second kappa shape index (κ2) is 9.94. The number of nitrogens with zero attached hydrogens (tertiary/aromatic N) is 4. The highest BCUT2D eigenvalue weighted by atomic mass is 16.5. The van der Waals surface area contributed by atoms with Crippen LogP contribution in [-0.2, 0) is 4.74 Å². The minimum atomic E-state index is -0.0951. The summed E-state index contributed by atoms with van der Waals surface area (Å²) in [5.74, 6) is 0.0391. The maximum atomic E-state index is 13.3. The smallest absolute Gasteiger partial charge is 0.272 e. The van der Waals surface area contributed by atoms with Crippen molar-refractivity contribution in [3.05, 3.63) is 35.4 Å². The van der Waals surface area contributed by atoms with Crippen molar-refractivity contribution >= 4 is 11.6 Å². The standard InChI is InChI=1S/C27H39N7O2/c1-16(2)22-23(18-12-17(3)25-28-15-29-34(25)14-18)32-33-24(22)26(35)31-20-8-6-19(7-9-20)30-21-10-11-36-27(4,5)13-21/h12,14-16,19-21,30H,6-11,13H2,1-5H3,(H,31,35)(H,32,33)/t19?,20?,21-/m1/s1. The monoisotopic (exact) mass is 493 g/mol. The van der Waals surface area contributed by atoms with Crippen LogP contribution in [0.1, 0.15) is 93.8 Å². The van der Waals surface area contributed by atoms with Crippen LogP contribution >= 0.6 is 0 Å². The quantitative estimate of drug-likeness (QED) is 0.476. The van der Waals surface area contributed by atoms with Gasteiger partial charge in [0.1, 0.15) is 6.33 Å². The molecule has 0 aromatic carbocycles. The Balaban J connectivity index is 1.24. The molecule has 1 amide bonds. The average Bonchev–Trinajstić information content (AvgIpc) is 3.47. The third-order valence-electron chi connectivity index (χ3n) is 7.68. The van der Waals surface area contributed by atoms with Gasteiger partial charge in [-0.25, -0.2) is 9.50 Å². The number of rotatable bonds is 6. The molecule has 5 rings (SSSR count). The number of pyridine rings is 1. The Kier molecular flexibility index (Phi) is 6.87. The summed E-state index contributed by atoms with van der Waals surface area (Å²) in [7, 11) is 0. The largest absolute Gasteiger partial charge is 0.375 e. The number of H-pyrrole nitrogens is 1. The van der Waals surface area contributed by atoms with Gasteiger partial charge in [0.15, 0.2) is 11.3 Å². The van der Waals surface area contributed by atoms with Gasteiger partial charge >= 0.3 is 0 Å². The number of ether oxygens (including phenoxy) is 1. The summed E-state index contributed by atoms with van der Waals surface area (Å²) < 4.78 is 7.63. The van der Waals surface area contributed by atoms with E-state index in [1.807, 2.05) is 13.1 Å². The van der Waals surface area contributed by atoms with Crippen molar-refractivity contribution in [2.45, 2.75) is 103 Å². The lowest BCUT2D eigenvalue weighted by Crippen LogP contribution is -2.49. The Morgan fingerprint density at radius 3 is 2.64 bits per heavy atom. The number of hydrogen-bond donors (Lipinski definition) is 3. The number of hydrogen-bond acceptors (Lipinski definition) is 6. The van der Waals surface area contributed by atoms with E-state index in [0.717, 1.165) is 73.2 Å². The molecular weight excluding hydrogens is 454 g/mol. The summed E-state index contributed by atoms with van der Waals surface area (Å²) in [5, 5.41) is 19.0. The first kappa shape index (κ1) is 24.9. The fraction of sp³-hybridized carbons (Fsp3) is 0.630. The first-order valence-electron chi connectivity index (χ1n) is 13.3. The van der Waals surface area contributed by atoms with E-state index in [-0.39, 0.29) is 23.5 Å². The Labute approximate surface area is 212 Å². The van der Waals surface area contributed by atoms with Crippen LogP contribution in [0.4, 0.5) is 0 Å². The summed E-state index contributed by atoms with van der Waals surface area (Å²) in [5.41, 5.74) is 5.04. The molecule has 3 aromatic rings. The highest BCUT2D eigenvalue weighted by Gasteiger charge is 2.32. The van der Waals surface area contributed by atoms with Crippen molar-refractivity contribution in [3.8, 4) is 11.3 Å². The van der Waals surface area contributed by atoms with E-state index in [2.05, 4.69) is 64.7 Å². The molecule has 0 spiro atoms. The van der Waals surface area contributed by atoms with E-state index in [9.17, 15) is 4.79 Å². The number of aryl methyl sites for hydroxylation is 1. The van der Waals surface area contributed by atoms with Crippen molar-refractivity contribution in [3.63, 3.8) is 0 Å². The predicted molar refractivity (Wildman–Crippen MR) is 139 cm³/mol. The second-order valence-corrected chi connectivity index (χ2v) is 11.4. The zero-order chi connectivity index (χ0) is 25.4. The number of carbonyl (C=O) groups excluding carboxylic acids is 1. The predicted octanol–water partition coefficient (Wildman–Crippen LogP) is 4.14. The van der Waals surface area contributed by atoms with E-state index >= 15 is 0 Å². The molecule has 9 nitrogen and oxygen atoms in total. The molecular formula is C27H39N7O2. The fourth-order valence-electron chi connectivity index (χ4n) is 5.90.